The molecule has 1 saturated heterocycles. The van der Waals surface area contributed by atoms with Gasteiger partial charge in [0.2, 0.25) is 5.91 Å². The molecule has 5 heteroatoms. The second-order valence-corrected chi connectivity index (χ2v) is 6.06. The molecule has 1 aliphatic heterocycles. The molecule has 1 amide bonds. The normalized spacial score (nSPS) is 17.6. The van der Waals surface area contributed by atoms with Crippen LogP contribution in [0.5, 0.6) is 0 Å². The molecule has 1 rings (SSSR count). The van der Waals surface area contributed by atoms with Crippen molar-refractivity contribution >= 4 is 5.91 Å². The molecule has 0 spiro atoms. The Balaban J connectivity index is 1.91. The summed E-state index contributed by atoms with van der Waals surface area (Å²) in [6.07, 6.45) is 2.61. The zero-order chi connectivity index (χ0) is 14.8. The van der Waals surface area contributed by atoms with Crippen molar-refractivity contribution in [1.82, 2.24) is 20.4 Å². The Hall–Kier alpha value is -0.650. The third kappa shape index (κ3) is 8.51. The summed E-state index contributed by atoms with van der Waals surface area (Å²) in [5.41, 5.74) is 0. The number of piperazine rings is 1. The third-order valence-electron chi connectivity index (χ3n) is 3.70. The average Bonchev–Trinajstić information content (AvgIpc) is 2.41. The van der Waals surface area contributed by atoms with Crippen molar-refractivity contribution in [2.75, 3.05) is 52.9 Å². The van der Waals surface area contributed by atoms with Crippen LogP contribution < -0.4 is 10.6 Å². The summed E-state index contributed by atoms with van der Waals surface area (Å²) in [6, 6.07) is 0.502. The van der Waals surface area contributed by atoms with Crippen LogP contribution in [0, 0.1) is 0 Å². The molecule has 20 heavy (non-hydrogen) atoms. The summed E-state index contributed by atoms with van der Waals surface area (Å²) in [4.78, 5) is 16.5. The van der Waals surface area contributed by atoms with Crippen LogP contribution in [0.4, 0.5) is 0 Å². The molecule has 2 N–H and O–H groups in total. The molecule has 0 aromatic rings. The topological polar surface area (TPSA) is 47.6 Å². The van der Waals surface area contributed by atoms with Crippen LogP contribution in [0.25, 0.3) is 0 Å². The highest BCUT2D eigenvalue weighted by molar-refractivity contribution is 5.75. The SMILES string of the molecule is CC(C)NCCCC(=O)NCCCN1CCN(C)CC1. The highest BCUT2D eigenvalue weighted by atomic mass is 16.1. The molecule has 0 unspecified atom stereocenters. The van der Waals surface area contributed by atoms with Gasteiger partial charge in [0.1, 0.15) is 0 Å². The molecule has 0 radical (unpaired) electrons. The Morgan fingerprint density at radius 1 is 1.10 bits per heavy atom. The first-order chi connectivity index (χ1) is 9.58. The first-order valence-corrected chi connectivity index (χ1v) is 7.99. The lowest BCUT2D eigenvalue weighted by Gasteiger charge is -2.32. The first kappa shape index (κ1) is 17.4. The van der Waals surface area contributed by atoms with Crippen molar-refractivity contribution in [2.24, 2.45) is 0 Å². The smallest absolute Gasteiger partial charge is 0.220 e. The summed E-state index contributed by atoms with van der Waals surface area (Å²) < 4.78 is 0. The van der Waals surface area contributed by atoms with Gasteiger partial charge in [-0.15, -0.1) is 0 Å². The van der Waals surface area contributed by atoms with Gasteiger partial charge in [0.15, 0.2) is 0 Å². The monoisotopic (exact) mass is 284 g/mol. The molecule has 1 fully saturated rings. The van der Waals surface area contributed by atoms with Gasteiger partial charge in [-0.3, -0.25) is 4.79 Å². The number of hydrogen-bond donors (Lipinski definition) is 2. The average molecular weight is 284 g/mol. The predicted molar refractivity (Wildman–Crippen MR) is 83.9 cm³/mol. The molecule has 0 aromatic heterocycles. The van der Waals surface area contributed by atoms with Gasteiger partial charge in [0, 0.05) is 45.2 Å². The number of nitrogens with one attached hydrogen (secondary N) is 2. The minimum Gasteiger partial charge on any atom is -0.356 e. The highest BCUT2D eigenvalue weighted by Gasteiger charge is 2.12. The summed E-state index contributed by atoms with van der Waals surface area (Å²) in [5, 5.41) is 6.34. The van der Waals surface area contributed by atoms with E-state index < -0.39 is 0 Å². The molecule has 0 saturated carbocycles. The van der Waals surface area contributed by atoms with Crippen LogP contribution in [0.1, 0.15) is 33.1 Å². The fourth-order valence-electron chi connectivity index (χ4n) is 2.33. The first-order valence-electron chi connectivity index (χ1n) is 7.99. The third-order valence-corrected chi connectivity index (χ3v) is 3.70. The number of rotatable bonds is 9. The Labute approximate surface area is 124 Å². The maximum absolute atomic E-state index is 11.6. The van der Waals surface area contributed by atoms with E-state index in [0.29, 0.717) is 12.5 Å². The number of carbonyl (C=O) groups excluding carboxylic acids is 1. The Morgan fingerprint density at radius 2 is 1.80 bits per heavy atom. The Morgan fingerprint density at radius 3 is 2.45 bits per heavy atom. The van der Waals surface area contributed by atoms with Crippen molar-refractivity contribution in [3.8, 4) is 0 Å². The van der Waals surface area contributed by atoms with Crippen molar-refractivity contribution < 1.29 is 4.79 Å². The molecule has 1 aliphatic rings. The molecular formula is C15H32N4O. The van der Waals surface area contributed by atoms with Crippen LogP contribution in [-0.2, 0) is 4.79 Å². The quantitative estimate of drug-likeness (QED) is 0.606. The molecule has 0 aliphatic carbocycles. The van der Waals surface area contributed by atoms with Crippen molar-refractivity contribution in [2.45, 2.75) is 39.2 Å². The Kier molecular flexibility index (Phi) is 8.82. The maximum atomic E-state index is 11.6. The van der Waals surface area contributed by atoms with E-state index in [1.165, 1.54) is 0 Å². The zero-order valence-corrected chi connectivity index (χ0v) is 13.5. The lowest BCUT2D eigenvalue weighted by atomic mass is 10.2. The maximum Gasteiger partial charge on any atom is 0.220 e. The molecule has 0 bridgehead atoms. The van der Waals surface area contributed by atoms with E-state index in [0.717, 1.165) is 58.7 Å². The minimum atomic E-state index is 0.189. The second kappa shape index (κ2) is 10.1. The van der Waals surface area contributed by atoms with Gasteiger partial charge in [-0.1, -0.05) is 13.8 Å². The van der Waals surface area contributed by atoms with Crippen LogP contribution in [0.3, 0.4) is 0 Å². The largest absolute Gasteiger partial charge is 0.356 e. The fourth-order valence-corrected chi connectivity index (χ4v) is 2.33. The molecule has 5 nitrogen and oxygen atoms in total. The molecule has 118 valence electrons. The second-order valence-electron chi connectivity index (χ2n) is 6.06. The van der Waals surface area contributed by atoms with E-state index in [-0.39, 0.29) is 5.91 Å². The van der Waals surface area contributed by atoms with Crippen LogP contribution in [-0.4, -0.2) is 74.6 Å². The van der Waals surface area contributed by atoms with Gasteiger partial charge in [-0.25, -0.2) is 0 Å². The number of hydrogen-bond acceptors (Lipinski definition) is 4. The highest BCUT2D eigenvalue weighted by Crippen LogP contribution is 1.99. The van der Waals surface area contributed by atoms with Gasteiger partial charge >= 0.3 is 0 Å². The molecule has 1 heterocycles. The standard InChI is InChI=1S/C15H32N4O/c1-14(2)16-7-4-6-15(20)17-8-5-9-19-12-10-18(3)11-13-19/h14,16H,4-13H2,1-3H3,(H,17,20). The number of likely N-dealkylation sites (N-methyl/N-ethyl adjacent to an activating group) is 1. The van der Waals surface area contributed by atoms with Gasteiger partial charge in [-0.2, -0.15) is 0 Å². The summed E-state index contributed by atoms with van der Waals surface area (Å²) >= 11 is 0. The number of nitrogens with zero attached hydrogens (tertiary/aromatic N) is 2. The molecule has 0 aromatic carbocycles. The molecule has 0 atom stereocenters. The lowest BCUT2D eigenvalue weighted by Crippen LogP contribution is -2.45. The number of carbonyl (C=O) groups is 1. The Bertz CT molecular complexity index is 263. The van der Waals surface area contributed by atoms with E-state index in [1.54, 1.807) is 0 Å². The van der Waals surface area contributed by atoms with E-state index in [1.807, 2.05) is 0 Å². The predicted octanol–water partition coefficient (Wildman–Crippen LogP) is 0.518. The summed E-state index contributed by atoms with van der Waals surface area (Å²) in [6.45, 7) is 11.7. The van der Waals surface area contributed by atoms with Crippen molar-refractivity contribution in [3.05, 3.63) is 0 Å². The van der Waals surface area contributed by atoms with E-state index in [9.17, 15) is 4.79 Å². The molecular weight excluding hydrogens is 252 g/mol. The van der Waals surface area contributed by atoms with Crippen LogP contribution in [0.2, 0.25) is 0 Å². The summed E-state index contributed by atoms with van der Waals surface area (Å²) in [7, 11) is 2.17. The van der Waals surface area contributed by atoms with Gasteiger partial charge in [0.25, 0.3) is 0 Å². The zero-order valence-electron chi connectivity index (χ0n) is 13.5. The lowest BCUT2D eigenvalue weighted by molar-refractivity contribution is -0.121. The fraction of sp³-hybridized carbons (Fsp3) is 0.933. The number of amides is 1. The van der Waals surface area contributed by atoms with E-state index >= 15 is 0 Å². The van der Waals surface area contributed by atoms with Crippen LogP contribution >= 0.6 is 0 Å². The van der Waals surface area contributed by atoms with Crippen molar-refractivity contribution in [3.63, 3.8) is 0 Å². The van der Waals surface area contributed by atoms with Crippen molar-refractivity contribution in [1.29, 1.82) is 0 Å². The van der Waals surface area contributed by atoms with Gasteiger partial charge in [-0.05, 0) is 33.0 Å². The van der Waals surface area contributed by atoms with Crippen LogP contribution in [0.15, 0.2) is 0 Å². The van der Waals surface area contributed by atoms with E-state index in [2.05, 4.69) is 41.3 Å². The van der Waals surface area contributed by atoms with E-state index in [4.69, 9.17) is 0 Å². The minimum absolute atomic E-state index is 0.189. The van der Waals surface area contributed by atoms with Gasteiger partial charge in [0.05, 0.1) is 0 Å². The van der Waals surface area contributed by atoms with Gasteiger partial charge < -0.3 is 20.4 Å². The summed E-state index contributed by atoms with van der Waals surface area (Å²) in [5.74, 6) is 0.189.